The van der Waals surface area contributed by atoms with Gasteiger partial charge in [0.05, 0.1) is 36.9 Å². The molecule has 0 radical (unpaired) electrons. The Balaban J connectivity index is 1.42. The average molecular weight is 560 g/mol. The molecular formula is C27H33N3O8S. The molecule has 1 aromatic carbocycles. The van der Waals surface area contributed by atoms with Crippen molar-refractivity contribution in [2.24, 2.45) is 0 Å². The van der Waals surface area contributed by atoms with Crippen molar-refractivity contribution in [3.63, 3.8) is 0 Å². The third-order valence-electron chi connectivity index (χ3n) is 7.28. The van der Waals surface area contributed by atoms with Crippen molar-refractivity contribution in [2.45, 2.75) is 24.3 Å². The average Bonchev–Trinajstić information content (AvgIpc) is 3.49. The lowest BCUT2D eigenvalue weighted by Crippen LogP contribution is -2.40. The number of benzene rings is 1. The number of aliphatic hydroxyl groups is 1. The highest BCUT2D eigenvalue weighted by molar-refractivity contribution is 7.89. The molecule has 39 heavy (non-hydrogen) atoms. The highest BCUT2D eigenvalue weighted by atomic mass is 32.2. The monoisotopic (exact) mass is 559 g/mol. The van der Waals surface area contributed by atoms with Gasteiger partial charge < -0.3 is 23.9 Å². The Morgan fingerprint density at radius 2 is 1.56 bits per heavy atom. The number of carbonyl (C=O) groups is 2. The number of Topliss-reactive ketones (excluding diaryl/α,β-unsaturated/α-hetero) is 1. The van der Waals surface area contributed by atoms with Crippen molar-refractivity contribution < 1.29 is 37.0 Å². The Morgan fingerprint density at radius 3 is 2.18 bits per heavy atom. The number of aryl methyl sites for hydroxylation is 1. The second kappa shape index (κ2) is 11.6. The maximum Gasteiger partial charge on any atom is 0.295 e. The molecule has 3 aliphatic rings. The highest BCUT2D eigenvalue weighted by Gasteiger charge is 2.47. The zero-order valence-corrected chi connectivity index (χ0v) is 22.7. The van der Waals surface area contributed by atoms with Crippen LogP contribution in [0.25, 0.3) is 5.76 Å². The van der Waals surface area contributed by atoms with Crippen LogP contribution in [0, 0.1) is 6.92 Å². The first kappa shape index (κ1) is 27.5. The predicted molar refractivity (Wildman–Crippen MR) is 140 cm³/mol. The van der Waals surface area contributed by atoms with Gasteiger partial charge >= 0.3 is 0 Å². The van der Waals surface area contributed by atoms with Gasteiger partial charge in [0, 0.05) is 44.8 Å². The second-order valence-electron chi connectivity index (χ2n) is 9.79. The lowest BCUT2D eigenvalue weighted by atomic mass is 9.99. The number of carbonyl (C=O) groups excluding carboxylic acids is 2. The van der Waals surface area contributed by atoms with E-state index in [9.17, 15) is 23.1 Å². The fourth-order valence-corrected chi connectivity index (χ4v) is 6.58. The van der Waals surface area contributed by atoms with Gasteiger partial charge in [-0.1, -0.05) is 0 Å². The quantitative estimate of drug-likeness (QED) is 0.292. The van der Waals surface area contributed by atoms with Crippen LogP contribution in [0.2, 0.25) is 0 Å². The number of furan rings is 1. The van der Waals surface area contributed by atoms with Crippen molar-refractivity contribution in [1.82, 2.24) is 14.1 Å². The minimum absolute atomic E-state index is 0.0720. The topological polar surface area (TPSA) is 130 Å². The number of hydrogen-bond acceptors (Lipinski definition) is 9. The normalized spacial score (nSPS) is 23.0. The Kier molecular flexibility index (Phi) is 8.19. The van der Waals surface area contributed by atoms with E-state index in [-0.39, 0.29) is 34.9 Å². The number of rotatable bonds is 8. The molecule has 210 valence electrons. The summed E-state index contributed by atoms with van der Waals surface area (Å²) >= 11 is 0. The molecule has 0 bridgehead atoms. The zero-order chi connectivity index (χ0) is 27.6. The third kappa shape index (κ3) is 5.66. The van der Waals surface area contributed by atoms with E-state index in [2.05, 4.69) is 4.90 Å². The number of hydrogen-bond donors (Lipinski definition) is 1. The van der Waals surface area contributed by atoms with Crippen LogP contribution in [-0.4, -0.2) is 105 Å². The molecule has 0 spiro atoms. The number of amides is 1. The maximum atomic E-state index is 13.2. The minimum Gasteiger partial charge on any atom is -0.507 e. The molecule has 1 atom stereocenters. The van der Waals surface area contributed by atoms with Gasteiger partial charge in [0.25, 0.3) is 11.7 Å². The molecule has 1 amide bonds. The van der Waals surface area contributed by atoms with Crippen LogP contribution < -0.4 is 0 Å². The number of morpholine rings is 2. The second-order valence-corrected chi connectivity index (χ2v) is 11.7. The van der Waals surface area contributed by atoms with Gasteiger partial charge in [-0.15, -0.1) is 0 Å². The molecule has 1 unspecified atom stereocenters. The van der Waals surface area contributed by atoms with Gasteiger partial charge in [0.15, 0.2) is 0 Å². The summed E-state index contributed by atoms with van der Waals surface area (Å²) in [5, 5.41) is 11.3. The Morgan fingerprint density at radius 1 is 0.923 bits per heavy atom. The molecule has 1 aromatic heterocycles. The smallest absolute Gasteiger partial charge is 0.295 e. The molecular weight excluding hydrogens is 526 g/mol. The van der Waals surface area contributed by atoms with Crippen LogP contribution in [0.15, 0.2) is 51.3 Å². The largest absolute Gasteiger partial charge is 0.507 e. The molecule has 11 nitrogen and oxygen atoms in total. The van der Waals surface area contributed by atoms with E-state index >= 15 is 0 Å². The van der Waals surface area contributed by atoms with E-state index in [0.29, 0.717) is 50.9 Å². The summed E-state index contributed by atoms with van der Waals surface area (Å²) < 4.78 is 43.8. The Hall–Kier alpha value is -3.03. The van der Waals surface area contributed by atoms with Crippen molar-refractivity contribution in [3.8, 4) is 0 Å². The molecule has 4 heterocycles. The fourth-order valence-electron chi connectivity index (χ4n) is 5.17. The van der Waals surface area contributed by atoms with E-state index in [4.69, 9.17) is 13.9 Å². The fraction of sp³-hybridized carbons (Fsp3) is 0.481. The summed E-state index contributed by atoms with van der Waals surface area (Å²) in [4.78, 5) is 30.1. The van der Waals surface area contributed by atoms with Gasteiger partial charge in [-0.3, -0.25) is 14.5 Å². The Labute approximate surface area is 227 Å². The van der Waals surface area contributed by atoms with E-state index in [0.717, 1.165) is 19.6 Å². The third-order valence-corrected chi connectivity index (χ3v) is 9.20. The molecule has 2 aromatic rings. The van der Waals surface area contributed by atoms with Crippen molar-refractivity contribution >= 4 is 27.5 Å². The van der Waals surface area contributed by atoms with E-state index in [1.54, 1.807) is 19.1 Å². The Bertz CT molecular complexity index is 1340. The zero-order valence-electron chi connectivity index (χ0n) is 21.9. The van der Waals surface area contributed by atoms with Crippen molar-refractivity contribution in [3.05, 3.63) is 59.1 Å². The first-order valence-electron chi connectivity index (χ1n) is 13.1. The number of nitrogens with zero attached hydrogens (tertiary/aromatic N) is 3. The molecule has 5 rings (SSSR count). The van der Waals surface area contributed by atoms with Gasteiger partial charge in [-0.2, -0.15) is 4.31 Å². The first-order valence-corrected chi connectivity index (χ1v) is 14.5. The van der Waals surface area contributed by atoms with Crippen LogP contribution in [0.4, 0.5) is 0 Å². The molecule has 0 saturated carbocycles. The van der Waals surface area contributed by atoms with Crippen LogP contribution in [0.3, 0.4) is 0 Å². The van der Waals surface area contributed by atoms with Gasteiger partial charge in [0.1, 0.15) is 23.3 Å². The molecule has 3 saturated heterocycles. The number of ether oxygens (including phenoxy) is 2. The number of ketones is 1. The number of aliphatic hydroxyl groups excluding tert-OH is 1. The molecule has 3 aliphatic heterocycles. The summed E-state index contributed by atoms with van der Waals surface area (Å²) in [6.45, 7) is 6.98. The molecule has 1 N–H and O–H groups in total. The molecule has 0 aliphatic carbocycles. The molecule has 12 heteroatoms. The van der Waals surface area contributed by atoms with Crippen molar-refractivity contribution in [1.29, 1.82) is 0 Å². The van der Waals surface area contributed by atoms with Crippen LogP contribution in [0.1, 0.15) is 29.5 Å². The minimum atomic E-state index is -3.72. The molecule has 3 fully saturated rings. The summed E-state index contributed by atoms with van der Waals surface area (Å²) in [5.74, 6) is -0.891. The van der Waals surface area contributed by atoms with Crippen LogP contribution >= 0.6 is 0 Å². The summed E-state index contributed by atoms with van der Waals surface area (Å²) in [5.41, 5.74) is 0.153. The van der Waals surface area contributed by atoms with E-state index in [1.807, 2.05) is 0 Å². The van der Waals surface area contributed by atoms with Gasteiger partial charge in [-0.05, 0) is 49.7 Å². The van der Waals surface area contributed by atoms with Crippen LogP contribution in [0.5, 0.6) is 0 Å². The van der Waals surface area contributed by atoms with Crippen LogP contribution in [-0.2, 0) is 29.1 Å². The standard InChI is InChI=1S/C27H33N3O8S/c1-19-3-8-22(38-19)24-23(26(32)27(33)30(24)10-2-9-28-11-15-36-16-12-28)25(31)20-4-6-21(7-5-20)39(34,35)29-13-17-37-18-14-29/h3-8,24,31H,2,9-18H2,1H3/b25-23-. The number of likely N-dealkylation sites (tertiary alicyclic amines) is 1. The lowest BCUT2D eigenvalue weighted by Gasteiger charge is -2.28. The SMILES string of the molecule is Cc1ccc(C2/C(=C(/O)c3ccc(S(=O)(=O)N4CCOCC4)cc3)C(=O)C(=O)N2CCCN2CCOCC2)o1. The summed E-state index contributed by atoms with van der Waals surface area (Å²) in [6.07, 6.45) is 0.636. The van der Waals surface area contributed by atoms with Gasteiger partial charge in [-0.25, -0.2) is 8.42 Å². The highest BCUT2D eigenvalue weighted by Crippen LogP contribution is 2.40. The number of sulfonamides is 1. The summed E-state index contributed by atoms with van der Waals surface area (Å²) in [7, 11) is -3.72. The van der Waals surface area contributed by atoms with E-state index in [1.165, 1.54) is 33.5 Å². The summed E-state index contributed by atoms with van der Waals surface area (Å²) in [6, 6.07) is 8.23. The predicted octanol–water partition coefficient (Wildman–Crippen LogP) is 1.75. The van der Waals surface area contributed by atoms with E-state index < -0.39 is 27.8 Å². The lowest BCUT2D eigenvalue weighted by molar-refractivity contribution is -0.140. The van der Waals surface area contributed by atoms with Gasteiger partial charge in [0.2, 0.25) is 10.0 Å². The first-order chi connectivity index (χ1) is 18.8. The van der Waals surface area contributed by atoms with Crippen molar-refractivity contribution in [2.75, 3.05) is 65.7 Å². The maximum absolute atomic E-state index is 13.2.